The predicted octanol–water partition coefficient (Wildman–Crippen LogP) is 1.09. The van der Waals surface area contributed by atoms with E-state index in [1.54, 1.807) is 6.92 Å². The van der Waals surface area contributed by atoms with Crippen molar-refractivity contribution >= 4 is 5.97 Å². The Morgan fingerprint density at radius 1 is 1.54 bits per heavy atom. The van der Waals surface area contributed by atoms with E-state index < -0.39 is 6.10 Å². The first-order chi connectivity index (χ1) is 6.24. The van der Waals surface area contributed by atoms with Crippen molar-refractivity contribution < 1.29 is 19.0 Å². The van der Waals surface area contributed by atoms with Gasteiger partial charge < -0.3 is 14.2 Å². The van der Waals surface area contributed by atoms with Crippen LogP contribution in [-0.2, 0) is 19.0 Å². The third-order valence-corrected chi connectivity index (χ3v) is 2.03. The van der Waals surface area contributed by atoms with E-state index in [9.17, 15) is 4.79 Å². The predicted molar refractivity (Wildman–Crippen MR) is 46.2 cm³/mol. The van der Waals surface area contributed by atoms with Crippen LogP contribution in [0.15, 0.2) is 0 Å². The normalized spacial score (nSPS) is 25.2. The highest BCUT2D eigenvalue weighted by molar-refractivity contribution is 5.73. The second-order valence-corrected chi connectivity index (χ2v) is 3.10. The fourth-order valence-electron chi connectivity index (χ4n) is 1.27. The molecule has 0 amide bonds. The van der Waals surface area contributed by atoms with E-state index in [1.807, 2.05) is 0 Å². The molecule has 0 saturated carbocycles. The smallest absolute Gasteiger partial charge is 0.334 e. The van der Waals surface area contributed by atoms with Crippen molar-refractivity contribution in [3.05, 3.63) is 0 Å². The zero-order chi connectivity index (χ0) is 9.68. The van der Waals surface area contributed by atoms with Crippen molar-refractivity contribution in [1.29, 1.82) is 0 Å². The molecule has 0 bridgehead atoms. The van der Waals surface area contributed by atoms with Crippen LogP contribution in [0.5, 0.6) is 0 Å². The molecule has 0 N–H and O–H groups in total. The maximum absolute atomic E-state index is 11.0. The van der Waals surface area contributed by atoms with E-state index in [2.05, 4.69) is 4.74 Å². The molecule has 1 heterocycles. The lowest BCUT2D eigenvalue weighted by atomic mass is 10.2. The van der Waals surface area contributed by atoms with Crippen LogP contribution in [0.2, 0.25) is 0 Å². The van der Waals surface area contributed by atoms with Gasteiger partial charge in [0, 0.05) is 6.61 Å². The Balaban J connectivity index is 2.25. The third-order valence-electron chi connectivity index (χ3n) is 2.03. The Morgan fingerprint density at radius 2 is 2.31 bits per heavy atom. The van der Waals surface area contributed by atoms with Crippen LogP contribution in [0.3, 0.4) is 0 Å². The molecule has 1 fully saturated rings. The van der Waals surface area contributed by atoms with Gasteiger partial charge in [0.2, 0.25) is 0 Å². The minimum atomic E-state index is -0.534. The van der Waals surface area contributed by atoms with Crippen molar-refractivity contribution in [2.24, 2.45) is 0 Å². The third kappa shape index (κ3) is 3.32. The van der Waals surface area contributed by atoms with Gasteiger partial charge in [-0.3, -0.25) is 0 Å². The second kappa shape index (κ2) is 5.19. The van der Waals surface area contributed by atoms with Crippen LogP contribution in [0.25, 0.3) is 0 Å². The summed E-state index contributed by atoms with van der Waals surface area (Å²) in [6.45, 7) is 2.39. The number of rotatable bonds is 3. The topological polar surface area (TPSA) is 44.8 Å². The molecule has 1 aliphatic heterocycles. The SMILES string of the molecule is COC(=O)[C@H](C)O[C@@H]1CCCCO1. The fourth-order valence-corrected chi connectivity index (χ4v) is 1.27. The van der Waals surface area contributed by atoms with E-state index in [-0.39, 0.29) is 12.3 Å². The molecule has 2 atom stereocenters. The summed E-state index contributed by atoms with van der Waals surface area (Å²) in [6, 6.07) is 0. The van der Waals surface area contributed by atoms with E-state index in [1.165, 1.54) is 7.11 Å². The molecule has 4 nitrogen and oxygen atoms in total. The Morgan fingerprint density at radius 3 is 2.85 bits per heavy atom. The minimum absolute atomic E-state index is 0.233. The molecule has 0 aromatic heterocycles. The lowest BCUT2D eigenvalue weighted by Crippen LogP contribution is -2.31. The van der Waals surface area contributed by atoms with E-state index in [0.717, 1.165) is 25.9 Å². The summed E-state index contributed by atoms with van der Waals surface area (Å²) in [5.74, 6) is -0.353. The Bertz CT molecular complexity index is 163. The quantitative estimate of drug-likeness (QED) is 0.622. The largest absolute Gasteiger partial charge is 0.467 e. The number of carbonyl (C=O) groups is 1. The molecule has 76 valence electrons. The summed E-state index contributed by atoms with van der Waals surface area (Å²) in [4.78, 5) is 11.0. The number of carbonyl (C=O) groups excluding carboxylic acids is 1. The van der Waals surface area contributed by atoms with Crippen LogP contribution in [0.4, 0.5) is 0 Å². The van der Waals surface area contributed by atoms with Crippen molar-refractivity contribution in [1.82, 2.24) is 0 Å². The Kier molecular flexibility index (Phi) is 4.18. The first-order valence-corrected chi connectivity index (χ1v) is 4.59. The van der Waals surface area contributed by atoms with Crippen LogP contribution in [-0.4, -0.2) is 32.1 Å². The highest BCUT2D eigenvalue weighted by Crippen LogP contribution is 2.15. The Hall–Kier alpha value is -0.610. The molecular formula is C9H16O4. The number of esters is 1. The number of hydrogen-bond acceptors (Lipinski definition) is 4. The molecule has 0 spiro atoms. The van der Waals surface area contributed by atoms with Gasteiger partial charge in [-0.1, -0.05) is 0 Å². The van der Waals surface area contributed by atoms with Crippen LogP contribution >= 0.6 is 0 Å². The summed E-state index contributed by atoms with van der Waals surface area (Å²) in [6.07, 6.45) is 2.27. The van der Waals surface area contributed by atoms with Gasteiger partial charge in [0.05, 0.1) is 7.11 Å². The summed E-state index contributed by atoms with van der Waals surface area (Å²) in [7, 11) is 1.35. The van der Waals surface area contributed by atoms with Crippen LogP contribution in [0, 0.1) is 0 Å². The molecule has 0 radical (unpaired) electrons. The van der Waals surface area contributed by atoms with Gasteiger partial charge in [-0.25, -0.2) is 4.79 Å². The van der Waals surface area contributed by atoms with Gasteiger partial charge >= 0.3 is 5.97 Å². The number of ether oxygens (including phenoxy) is 3. The van der Waals surface area contributed by atoms with Crippen molar-refractivity contribution in [3.63, 3.8) is 0 Å². The zero-order valence-electron chi connectivity index (χ0n) is 8.12. The van der Waals surface area contributed by atoms with Gasteiger partial charge in [-0.05, 0) is 26.2 Å². The van der Waals surface area contributed by atoms with Gasteiger partial charge in [-0.15, -0.1) is 0 Å². The first kappa shape index (κ1) is 10.5. The second-order valence-electron chi connectivity index (χ2n) is 3.10. The molecular weight excluding hydrogens is 172 g/mol. The summed E-state index contributed by atoms with van der Waals surface area (Å²) < 4.78 is 15.2. The Labute approximate surface area is 78.2 Å². The first-order valence-electron chi connectivity index (χ1n) is 4.59. The van der Waals surface area contributed by atoms with E-state index in [0.29, 0.717) is 0 Å². The van der Waals surface area contributed by atoms with Gasteiger partial charge in [0.15, 0.2) is 12.4 Å². The van der Waals surface area contributed by atoms with E-state index >= 15 is 0 Å². The van der Waals surface area contributed by atoms with Crippen molar-refractivity contribution in [2.45, 2.75) is 38.6 Å². The summed E-state index contributed by atoms with van der Waals surface area (Å²) in [5, 5.41) is 0. The molecule has 13 heavy (non-hydrogen) atoms. The fraction of sp³-hybridized carbons (Fsp3) is 0.889. The molecule has 0 aromatic rings. The number of methoxy groups -OCH3 is 1. The highest BCUT2D eigenvalue weighted by Gasteiger charge is 2.21. The summed E-state index contributed by atoms with van der Waals surface area (Å²) in [5.41, 5.74) is 0. The van der Waals surface area contributed by atoms with Gasteiger partial charge in [-0.2, -0.15) is 0 Å². The standard InChI is InChI=1S/C9H16O4/c1-7(9(10)11-2)13-8-5-3-4-6-12-8/h7-8H,3-6H2,1-2H3/t7-,8+/m0/s1. The molecule has 1 aliphatic rings. The van der Waals surface area contributed by atoms with Gasteiger partial charge in [0.25, 0.3) is 0 Å². The lowest BCUT2D eigenvalue weighted by Gasteiger charge is -2.24. The molecule has 4 heteroatoms. The van der Waals surface area contributed by atoms with Crippen molar-refractivity contribution in [3.8, 4) is 0 Å². The highest BCUT2D eigenvalue weighted by atomic mass is 16.7. The van der Waals surface area contributed by atoms with E-state index in [4.69, 9.17) is 9.47 Å². The van der Waals surface area contributed by atoms with Crippen molar-refractivity contribution in [2.75, 3.05) is 13.7 Å². The molecule has 1 saturated heterocycles. The minimum Gasteiger partial charge on any atom is -0.467 e. The maximum Gasteiger partial charge on any atom is 0.334 e. The summed E-state index contributed by atoms with van der Waals surface area (Å²) >= 11 is 0. The maximum atomic E-state index is 11.0. The molecule has 0 aliphatic carbocycles. The van der Waals surface area contributed by atoms with Crippen LogP contribution in [0.1, 0.15) is 26.2 Å². The zero-order valence-corrected chi connectivity index (χ0v) is 8.12. The monoisotopic (exact) mass is 188 g/mol. The molecule has 0 unspecified atom stereocenters. The van der Waals surface area contributed by atoms with Crippen LogP contribution < -0.4 is 0 Å². The lowest BCUT2D eigenvalue weighted by molar-refractivity contribution is -0.199. The average Bonchev–Trinajstić information content (AvgIpc) is 2.18. The molecule has 1 rings (SSSR count). The van der Waals surface area contributed by atoms with Gasteiger partial charge in [0.1, 0.15) is 0 Å². The molecule has 0 aromatic carbocycles. The average molecular weight is 188 g/mol. The number of hydrogen-bond donors (Lipinski definition) is 0.